The molecule has 2 amide bonds. The number of pyridine rings is 1. The number of carbonyl (C=O) groups is 1. The first-order valence-electron chi connectivity index (χ1n) is 8.67. The maximum atomic E-state index is 12.5. The summed E-state index contributed by atoms with van der Waals surface area (Å²) in [6, 6.07) is 7.38. The van der Waals surface area contributed by atoms with Gasteiger partial charge in [0, 0.05) is 31.8 Å². The second kappa shape index (κ2) is 7.65. The fourth-order valence-corrected chi connectivity index (χ4v) is 3.28. The lowest BCUT2D eigenvalue weighted by atomic mass is 10.1. The zero-order valence-corrected chi connectivity index (χ0v) is 14.7. The van der Waals surface area contributed by atoms with E-state index in [-0.39, 0.29) is 18.1 Å². The largest absolute Gasteiger partial charge is 0.393 e. The Bertz CT molecular complexity index is 716. The minimum atomic E-state index is -0.299. The molecule has 0 aliphatic heterocycles. The first-order valence-corrected chi connectivity index (χ1v) is 8.67. The van der Waals surface area contributed by atoms with E-state index >= 15 is 0 Å². The van der Waals surface area contributed by atoms with Gasteiger partial charge in [-0.15, -0.1) is 0 Å². The minimum absolute atomic E-state index is 0.163. The monoisotopic (exact) mass is 343 g/mol. The van der Waals surface area contributed by atoms with Crippen molar-refractivity contribution >= 4 is 11.8 Å². The van der Waals surface area contributed by atoms with E-state index in [2.05, 4.69) is 15.4 Å². The molecule has 2 aromatic rings. The van der Waals surface area contributed by atoms with Crippen molar-refractivity contribution in [2.45, 2.75) is 38.8 Å². The second-order valence-electron chi connectivity index (χ2n) is 6.72. The van der Waals surface area contributed by atoms with Gasteiger partial charge >= 0.3 is 6.03 Å². The van der Waals surface area contributed by atoms with E-state index in [4.69, 9.17) is 0 Å². The molecule has 25 heavy (non-hydrogen) atoms. The molecule has 0 saturated heterocycles. The summed E-state index contributed by atoms with van der Waals surface area (Å²) < 4.78 is 1.74. The molecule has 2 N–H and O–H groups in total. The van der Waals surface area contributed by atoms with Crippen LogP contribution in [0.2, 0.25) is 0 Å². The summed E-state index contributed by atoms with van der Waals surface area (Å²) in [6.07, 6.45) is 4.26. The summed E-state index contributed by atoms with van der Waals surface area (Å²) in [6.45, 7) is 2.94. The fraction of sp³-hybridized carbons (Fsp3) is 0.500. The van der Waals surface area contributed by atoms with Crippen LogP contribution in [0.3, 0.4) is 0 Å². The number of hydrogen-bond donors (Lipinski definition) is 2. The lowest BCUT2D eigenvalue weighted by molar-refractivity contribution is 0.116. The van der Waals surface area contributed by atoms with E-state index in [0.29, 0.717) is 18.9 Å². The number of nitrogens with one attached hydrogen (secondary N) is 1. The summed E-state index contributed by atoms with van der Waals surface area (Å²) >= 11 is 0. The van der Waals surface area contributed by atoms with Crippen molar-refractivity contribution in [3.05, 3.63) is 41.9 Å². The summed E-state index contributed by atoms with van der Waals surface area (Å²) in [4.78, 5) is 18.4. The molecule has 2 atom stereocenters. The Labute approximate surface area is 147 Å². The second-order valence-corrected chi connectivity index (χ2v) is 6.72. The van der Waals surface area contributed by atoms with Crippen molar-refractivity contribution in [2.75, 3.05) is 18.9 Å². The van der Waals surface area contributed by atoms with Crippen LogP contribution in [0, 0.1) is 12.8 Å². The van der Waals surface area contributed by atoms with Gasteiger partial charge in [0.25, 0.3) is 0 Å². The summed E-state index contributed by atoms with van der Waals surface area (Å²) in [5.41, 5.74) is 1.71. The van der Waals surface area contributed by atoms with E-state index in [1.165, 1.54) is 0 Å². The van der Waals surface area contributed by atoms with Gasteiger partial charge in [0.05, 0.1) is 24.0 Å². The highest BCUT2D eigenvalue weighted by Gasteiger charge is 2.27. The van der Waals surface area contributed by atoms with E-state index in [0.717, 1.165) is 30.7 Å². The molecule has 0 bridgehead atoms. The van der Waals surface area contributed by atoms with Gasteiger partial charge in [0.2, 0.25) is 0 Å². The normalized spacial score (nSPS) is 19.8. The molecule has 1 fully saturated rings. The number of hydrogen-bond acceptors (Lipinski definition) is 4. The molecule has 2 unspecified atom stereocenters. The van der Waals surface area contributed by atoms with Gasteiger partial charge in [-0.05, 0) is 31.9 Å². The third kappa shape index (κ3) is 4.36. The molecule has 0 radical (unpaired) electrons. The number of aryl methyl sites for hydroxylation is 1. The molecule has 3 rings (SSSR count). The highest BCUT2D eigenvalue weighted by Crippen LogP contribution is 2.26. The highest BCUT2D eigenvalue weighted by atomic mass is 16.3. The minimum Gasteiger partial charge on any atom is -0.393 e. The molecule has 1 aliphatic rings. The quantitative estimate of drug-likeness (QED) is 0.872. The standard InChI is InChI=1S/C18H25N5O2/c1-13-10-17(23(21-13)12-15-7-3-4-9-19-15)20-18(25)22(2)11-14-6-5-8-16(14)24/h3-4,7,9-10,14,16,24H,5-6,8,11-12H2,1-2H3,(H,20,25). The van der Waals surface area contributed by atoms with Gasteiger partial charge in [0.1, 0.15) is 5.82 Å². The Balaban J connectivity index is 1.64. The molecule has 134 valence electrons. The van der Waals surface area contributed by atoms with Gasteiger partial charge in [-0.25, -0.2) is 9.48 Å². The zero-order valence-electron chi connectivity index (χ0n) is 14.7. The number of amides is 2. The molecule has 1 saturated carbocycles. The smallest absolute Gasteiger partial charge is 0.322 e. The van der Waals surface area contributed by atoms with Crippen molar-refractivity contribution < 1.29 is 9.90 Å². The first kappa shape index (κ1) is 17.4. The Morgan fingerprint density at radius 1 is 1.44 bits per heavy atom. The number of nitrogens with zero attached hydrogens (tertiary/aromatic N) is 4. The zero-order chi connectivity index (χ0) is 17.8. The maximum Gasteiger partial charge on any atom is 0.322 e. The van der Waals surface area contributed by atoms with Crippen LogP contribution in [-0.4, -0.2) is 50.5 Å². The average molecular weight is 343 g/mol. The number of aliphatic hydroxyl groups is 1. The summed E-state index contributed by atoms with van der Waals surface area (Å²) in [5, 5.41) is 17.3. The van der Waals surface area contributed by atoms with Crippen molar-refractivity contribution in [3.8, 4) is 0 Å². The third-order valence-electron chi connectivity index (χ3n) is 4.65. The van der Waals surface area contributed by atoms with E-state index in [1.54, 1.807) is 22.8 Å². The number of urea groups is 1. The van der Waals surface area contributed by atoms with Crippen LogP contribution in [0.4, 0.5) is 10.6 Å². The SMILES string of the molecule is Cc1cc(NC(=O)N(C)CC2CCCC2O)n(Cc2ccccn2)n1. The van der Waals surface area contributed by atoms with Gasteiger partial charge in [-0.2, -0.15) is 5.10 Å². The Morgan fingerprint density at radius 2 is 2.28 bits per heavy atom. The molecular weight excluding hydrogens is 318 g/mol. The van der Waals surface area contributed by atoms with Crippen LogP contribution in [-0.2, 0) is 6.54 Å². The van der Waals surface area contributed by atoms with Crippen LogP contribution < -0.4 is 5.32 Å². The molecule has 7 nitrogen and oxygen atoms in total. The summed E-state index contributed by atoms with van der Waals surface area (Å²) in [7, 11) is 1.76. The fourth-order valence-electron chi connectivity index (χ4n) is 3.28. The molecule has 0 spiro atoms. The number of rotatable bonds is 5. The van der Waals surface area contributed by atoms with Crippen LogP contribution >= 0.6 is 0 Å². The molecule has 2 aromatic heterocycles. The van der Waals surface area contributed by atoms with Gasteiger partial charge in [-0.3, -0.25) is 10.3 Å². The molecular formula is C18H25N5O2. The van der Waals surface area contributed by atoms with Crippen molar-refractivity contribution in [1.82, 2.24) is 19.7 Å². The third-order valence-corrected chi connectivity index (χ3v) is 4.65. The number of anilines is 1. The van der Waals surface area contributed by atoms with E-state index < -0.39 is 0 Å². The van der Waals surface area contributed by atoms with Crippen molar-refractivity contribution in [2.24, 2.45) is 5.92 Å². The van der Waals surface area contributed by atoms with Crippen LogP contribution in [0.5, 0.6) is 0 Å². The Kier molecular flexibility index (Phi) is 5.33. The summed E-state index contributed by atoms with van der Waals surface area (Å²) in [5.74, 6) is 0.808. The lowest BCUT2D eigenvalue weighted by Gasteiger charge is -2.23. The Morgan fingerprint density at radius 3 is 2.96 bits per heavy atom. The predicted octanol–water partition coefficient (Wildman–Crippen LogP) is 2.26. The number of carbonyl (C=O) groups excluding carboxylic acids is 1. The Hall–Kier alpha value is -2.41. The van der Waals surface area contributed by atoms with E-state index in [1.807, 2.05) is 31.2 Å². The first-order chi connectivity index (χ1) is 12.0. The predicted molar refractivity (Wildman–Crippen MR) is 95.3 cm³/mol. The molecule has 1 aliphatic carbocycles. The van der Waals surface area contributed by atoms with Crippen molar-refractivity contribution in [1.29, 1.82) is 0 Å². The van der Waals surface area contributed by atoms with E-state index in [9.17, 15) is 9.90 Å². The highest BCUT2D eigenvalue weighted by molar-refractivity contribution is 5.88. The molecule has 2 heterocycles. The average Bonchev–Trinajstić information content (AvgIpc) is 3.14. The van der Waals surface area contributed by atoms with Gasteiger partial charge < -0.3 is 10.0 Å². The lowest BCUT2D eigenvalue weighted by Crippen LogP contribution is -2.37. The molecule has 7 heteroatoms. The van der Waals surface area contributed by atoms with Crippen LogP contribution in [0.15, 0.2) is 30.5 Å². The van der Waals surface area contributed by atoms with Gasteiger partial charge in [-0.1, -0.05) is 12.5 Å². The van der Waals surface area contributed by atoms with Crippen LogP contribution in [0.25, 0.3) is 0 Å². The van der Waals surface area contributed by atoms with Gasteiger partial charge in [0.15, 0.2) is 0 Å². The number of aromatic nitrogens is 3. The maximum absolute atomic E-state index is 12.5. The topological polar surface area (TPSA) is 83.3 Å². The molecule has 0 aromatic carbocycles. The van der Waals surface area contributed by atoms with Crippen molar-refractivity contribution in [3.63, 3.8) is 0 Å². The number of aliphatic hydroxyl groups excluding tert-OH is 1. The van der Waals surface area contributed by atoms with Crippen LogP contribution in [0.1, 0.15) is 30.7 Å².